The molecule has 1 aliphatic heterocycles. The molecule has 0 N–H and O–H groups in total. The third-order valence-electron chi connectivity index (χ3n) is 1.26. The minimum atomic E-state index is 0.833. The molecule has 0 fully saturated rings. The lowest BCUT2D eigenvalue weighted by molar-refractivity contribution is 1.25. The van der Waals surface area contributed by atoms with E-state index in [1.54, 1.807) is 0 Å². The second-order valence-electron chi connectivity index (χ2n) is 2.27. The normalized spacial score (nSPS) is 18.4. The van der Waals surface area contributed by atoms with Crippen molar-refractivity contribution in [1.82, 2.24) is 0 Å². The molecule has 0 atom stereocenters. The molecular formula is C8H11N. The van der Waals surface area contributed by atoms with Crippen molar-refractivity contribution in [2.45, 2.75) is 13.8 Å². The summed E-state index contributed by atoms with van der Waals surface area (Å²) in [6.45, 7) is 4.94. The van der Waals surface area contributed by atoms with E-state index < -0.39 is 0 Å². The Balaban J connectivity index is 2.82. The summed E-state index contributed by atoms with van der Waals surface area (Å²) in [5, 5.41) is 0. The molecule has 0 amide bonds. The predicted octanol–water partition coefficient (Wildman–Crippen LogP) is 1.96. The van der Waals surface area contributed by atoms with E-state index >= 15 is 0 Å². The van der Waals surface area contributed by atoms with E-state index in [2.05, 4.69) is 30.1 Å². The quantitative estimate of drug-likeness (QED) is 0.464. The zero-order valence-corrected chi connectivity index (χ0v) is 5.89. The molecule has 0 aromatic heterocycles. The largest absolute Gasteiger partial charge is 0.286 e. The minimum absolute atomic E-state index is 0.833. The van der Waals surface area contributed by atoms with Gasteiger partial charge in [-0.15, -0.1) is 0 Å². The standard InChI is InChI=1S/C8H11N/c1-7-4-3-5-9-8(2)6-7/h3-4,6H,5H2,1-2H3. The van der Waals surface area contributed by atoms with Gasteiger partial charge in [0.2, 0.25) is 0 Å². The van der Waals surface area contributed by atoms with Crippen molar-refractivity contribution < 1.29 is 0 Å². The third-order valence-corrected chi connectivity index (χ3v) is 1.26. The molecule has 0 spiro atoms. The molecule has 1 rings (SSSR count). The molecule has 0 bridgehead atoms. The van der Waals surface area contributed by atoms with Gasteiger partial charge in [-0.25, -0.2) is 0 Å². The molecule has 1 heteroatoms. The van der Waals surface area contributed by atoms with Gasteiger partial charge >= 0.3 is 0 Å². The molecule has 0 aliphatic carbocycles. The van der Waals surface area contributed by atoms with Gasteiger partial charge in [0.15, 0.2) is 0 Å². The number of rotatable bonds is 0. The highest BCUT2D eigenvalue weighted by molar-refractivity contribution is 5.94. The molecule has 1 nitrogen and oxygen atoms in total. The Morgan fingerprint density at radius 2 is 2.22 bits per heavy atom. The van der Waals surface area contributed by atoms with Crippen LogP contribution in [-0.2, 0) is 0 Å². The lowest BCUT2D eigenvalue weighted by Crippen LogP contribution is -1.84. The number of allylic oxidation sites excluding steroid dienone is 3. The molecule has 0 saturated heterocycles. The van der Waals surface area contributed by atoms with Crippen LogP contribution in [0.3, 0.4) is 0 Å². The lowest BCUT2D eigenvalue weighted by atomic mass is 10.2. The van der Waals surface area contributed by atoms with E-state index in [4.69, 9.17) is 0 Å². The Morgan fingerprint density at radius 1 is 1.44 bits per heavy atom. The minimum Gasteiger partial charge on any atom is -0.286 e. The average molecular weight is 121 g/mol. The van der Waals surface area contributed by atoms with E-state index in [1.165, 1.54) is 5.57 Å². The van der Waals surface area contributed by atoms with Crippen LogP contribution in [0, 0.1) is 0 Å². The van der Waals surface area contributed by atoms with Crippen LogP contribution < -0.4 is 0 Å². The van der Waals surface area contributed by atoms with E-state index in [9.17, 15) is 0 Å². The van der Waals surface area contributed by atoms with Crippen LogP contribution in [0.5, 0.6) is 0 Å². The Morgan fingerprint density at radius 3 is 3.00 bits per heavy atom. The first-order valence-corrected chi connectivity index (χ1v) is 3.15. The van der Waals surface area contributed by atoms with Crippen LogP contribution in [0.25, 0.3) is 0 Å². The molecule has 0 unspecified atom stereocenters. The van der Waals surface area contributed by atoms with Crippen molar-refractivity contribution in [2.75, 3.05) is 6.54 Å². The summed E-state index contributed by atoms with van der Waals surface area (Å²) in [5.74, 6) is 0. The van der Waals surface area contributed by atoms with E-state index in [-0.39, 0.29) is 0 Å². The van der Waals surface area contributed by atoms with Gasteiger partial charge in [-0.3, -0.25) is 4.99 Å². The van der Waals surface area contributed by atoms with Crippen molar-refractivity contribution in [3.63, 3.8) is 0 Å². The fourth-order valence-electron chi connectivity index (χ4n) is 0.859. The van der Waals surface area contributed by atoms with Gasteiger partial charge in [-0.2, -0.15) is 0 Å². The highest BCUT2D eigenvalue weighted by Gasteiger charge is 1.89. The van der Waals surface area contributed by atoms with Crippen molar-refractivity contribution in [1.29, 1.82) is 0 Å². The van der Waals surface area contributed by atoms with Crippen molar-refractivity contribution in [2.24, 2.45) is 4.99 Å². The number of hydrogen-bond acceptors (Lipinski definition) is 1. The molecule has 0 aromatic rings. The summed E-state index contributed by atoms with van der Waals surface area (Å²) in [6, 6.07) is 0. The first-order valence-electron chi connectivity index (χ1n) is 3.15. The number of aliphatic imine (C=N–C) groups is 1. The summed E-state index contributed by atoms with van der Waals surface area (Å²) in [5.41, 5.74) is 2.41. The molecule has 0 saturated carbocycles. The van der Waals surface area contributed by atoms with Crippen LogP contribution >= 0.6 is 0 Å². The monoisotopic (exact) mass is 121 g/mol. The Hall–Kier alpha value is -0.850. The fraction of sp³-hybridized carbons (Fsp3) is 0.375. The SMILES string of the molecule is CC1=CC(C)=NCC=C1. The highest BCUT2D eigenvalue weighted by Crippen LogP contribution is 1.99. The lowest BCUT2D eigenvalue weighted by Gasteiger charge is -1.87. The zero-order chi connectivity index (χ0) is 6.69. The number of nitrogens with zero attached hydrogens (tertiary/aromatic N) is 1. The van der Waals surface area contributed by atoms with Crippen molar-refractivity contribution in [3.05, 3.63) is 23.8 Å². The Bertz CT molecular complexity index is 185. The second kappa shape index (κ2) is 2.62. The average Bonchev–Trinajstić information content (AvgIpc) is 1.93. The third kappa shape index (κ3) is 1.84. The van der Waals surface area contributed by atoms with Gasteiger partial charge in [-0.1, -0.05) is 12.2 Å². The first kappa shape index (κ1) is 6.27. The maximum absolute atomic E-state index is 4.23. The van der Waals surface area contributed by atoms with Crippen molar-refractivity contribution >= 4 is 5.71 Å². The predicted molar refractivity (Wildman–Crippen MR) is 40.9 cm³/mol. The van der Waals surface area contributed by atoms with Gasteiger partial charge in [-0.05, 0) is 25.5 Å². The first-order chi connectivity index (χ1) is 4.29. The fourth-order valence-corrected chi connectivity index (χ4v) is 0.859. The zero-order valence-electron chi connectivity index (χ0n) is 5.89. The van der Waals surface area contributed by atoms with Crippen LogP contribution in [0.1, 0.15) is 13.8 Å². The maximum Gasteiger partial charge on any atom is 0.0576 e. The smallest absolute Gasteiger partial charge is 0.0576 e. The van der Waals surface area contributed by atoms with Gasteiger partial charge in [0.1, 0.15) is 0 Å². The second-order valence-corrected chi connectivity index (χ2v) is 2.27. The molecule has 0 radical (unpaired) electrons. The van der Waals surface area contributed by atoms with Gasteiger partial charge < -0.3 is 0 Å². The molecule has 1 heterocycles. The molecule has 9 heavy (non-hydrogen) atoms. The summed E-state index contributed by atoms with van der Waals surface area (Å²) >= 11 is 0. The summed E-state index contributed by atoms with van der Waals surface area (Å²) < 4.78 is 0. The van der Waals surface area contributed by atoms with Crippen LogP contribution in [0.15, 0.2) is 28.8 Å². The maximum atomic E-state index is 4.23. The van der Waals surface area contributed by atoms with Crippen LogP contribution in [-0.4, -0.2) is 12.3 Å². The molecule has 0 aromatic carbocycles. The van der Waals surface area contributed by atoms with Gasteiger partial charge in [0, 0.05) is 5.71 Å². The Labute approximate surface area is 55.8 Å². The van der Waals surface area contributed by atoms with E-state index in [0.717, 1.165) is 12.3 Å². The summed E-state index contributed by atoms with van der Waals surface area (Å²) in [6.07, 6.45) is 6.26. The van der Waals surface area contributed by atoms with E-state index in [0.29, 0.717) is 0 Å². The van der Waals surface area contributed by atoms with Crippen LogP contribution in [0.4, 0.5) is 0 Å². The molecule has 48 valence electrons. The molecule has 1 aliphatic rings. The molecular weight excluding hydrogens is 110 g/mol. The topological polar surface area (TPSA) is 12.4 Å². The van der Waals surface area contributed by atoms with Crippen LogP contribution in [0.2, 0.25) is 0 Å². The summed E-state index contributed by atoms with van der Waals surface area (Å²) in [4.78, 5) is 4.23. The number of hydrogen-bond donors (Lipinski definition) is 0. The highest BCUT2D eigenvalue weighted by atomic mass is 14.7. The van der Waals surface area contributed by atoms with Crippen molar-refractivity contribution in [3.8, 4) is 0 Å². The van der Waals surface area contributed by atoms with Gasteiger partial charge in [0.25, 0.3) is 0 Å². The van der Waals surface area contributed by atoms with E-state index in [1.807, 2.05) is 6.92 Å². The van der Waals surface area contributed by atoms with Gasteiger partial charge in [0.05, 0.1) is 6.54 Å². The Kier molecular flexibility index (Phi) is 1.83. The summed E-state index contributed by atoms with van der Waals surface area (Å²) in [7, 11) is 0.